The first kappa shape index (κ1) is 14.6. The predicted molar refractivity (Wildman–Crippen MR) is 88.3 cm³/mol. The molecule has 1 N–H and O–H groups in total. The SMILES string of the molecule is CCn1nc(CNC2CCCCC2(C)C)c2ccccc21. The fourth-order valence-corrected chi connectivity index (χ4v) is 3.66. The molecule has 0 saturated heterocycles. The van der Waals surface area contributed by atoms with E-state index in [0.29, 0.717) is 11.5 Å². The van der Waals surface area contributed by atoms with Gasteiger partial charge in [0.05, 0.1) is 11.2 Å². The molecule has 1 aromatic carbocycles. The molecule has 1 atom stereocenters. The van der Waals surface area contributed by atoms with Crippen LogP contribution in [0, 0.1) is 5.41 Å². The maximum atomic E-state index is 4.79. The molecule has 114 valence electrons. The lowest BCUT2D eigenvalue weighted by Gasteiger charge is -2.39. The summed E-state index contributed by atoms with van der Waals surface area (Å²) in [4.78, 5) is 0. The van der Waals surface area contributed by atoms with Crippen molar-refractivity contribution < 1.29 is 0 Å². The van der Waals surface area contributed by atoms with Crippen LogP contribution in [0.1, 0.15) is 52.1 Å². The van der Waals surface area contributed by atoms with Crippen LogP contribution in [0.25, 0.3) is 10.9 Å². The molecular formula is C18H27N3. The van der Waals surface area contributed by atoms with Crippen molar-refractivity contribution in [3.63, 3.8) is 0 Å². The van der Waals surface area contributed by atoms with E-state index in [1.807, 2.05) is 0 Å². The standard InChI is InChI=1S/C18H27N3/c1-4-21-16-10-6-5-9-14(16)15(20-21)13-19-17-11-7-8-12-18(17,2)3/h5-6,9-10,17,19H,4,7-8,11-13H2,1-3H3. The summed E-state index contributed by atoms with van der Waals surface area (Å²) in [5, 5.41) is 9.87. The Bertz CT molecular complexity index is 612. The molecule has 2 aromatic rings. The lowest BCUT2D eigenvalue weighted by Crippen LogP contribution is -2.43. The van der Waals surface area contributed by atoms with Crippen molar-refractivity contribution in [2.45, 2.75) is 65.6 Å². The second-order valence-electron chi connectivity index (χ2n) is 6.95. The molecule has 3 heteroatoms. The Balaban J connectivity index is 1.79. The van der Waals surface area contributed by atoms with Crippen molar-refractivity contribution in [2.75, 3.05) is 0 Å². The third kappa shape index (κ3) is 2.84. The van der Waals surface area contributed by atoms with Crippen LogP contribution in [-0.4, -0.2) is 15.8 Å². The highest BCUT2D eigenvalue weighted by Crippen LogP contribution is 2.35. The number of aryl methyl sites for hydroxylation is 1. The highest BCUT2D eigenvalue weighted by atomic mass is 15.3. The zero-order valence-electron chi connectivity index (χ0n) is 13.5. The van der Waals surface area contributed by atoms with Gasteiger partial charge in [0, 0.05) is 24.5 Å². The minimum Gasteiger partial charge on any atom is -0.308 e. The van der Waals surface area contributed by atoms with Gasteiger partial charge < -0.3 is 5.32 Å². The van der Waals surface area contributed by atoms with Crippen LogP contribution < -0.4 is 5.32 Å². The normalized spacial score (nSPS) is 21.8. The molecule has 0 spiro atoms. The molecule has 1 aliphatic rings. The number of rotatable bonds is 4. The Morgan fingerprint density at radius 3 is 2.86 bits per heavy atom. The highest BCUT2D eigenvalue weighted by molar-refractivity contribution is 5.81. The lowest BCUT2D eigenvalue weighted by molar-refractivity contribution is 0.166. The Labute approximate surface area is 127 Å². The van der Waals surface area contributed by atoms with Gasteiger partial charge in [0.1, 0.15) is 0 Å². The predicted octanol–water partition coefficient (Wildman–Crippen LogP) is 4.11. The molecule has 0 amide bonds. The van der Waals surface area contributed by atoms with Gasteiger partial charge in [0.15, 0.2) is 0 Å². The molecule has 1 saturated carbocycles. The summed E-state index contributed by atoms with van der Waals surface area (Å²) in [6.07, 6.45) is 5.35. The van der Waals surface area contributed by atoms with E-state index in [0.717, 1.165) is 13.1 Å². The molecule has 3 rings (SSSR count). The molecule has 0 radical (unpaired) electrons. The summed E-state index contributed by atoms with van der Waals surface area (Å²) in [6, 6.07) is 9.17. The number of para-hydroxylation sites is 1. The minimum atomic E-state index is 0.404. The minimum absolute atomic E-state index is 0.404. The van der Waals surface area contributed by atoms with Crippen LogP contribution in [0.3, 0.4) is 0 Å². The molecule has 0 bridgehead atoms. The molecule has 1 aliphatic carbocycles. The summed E-state index contributed by atoms with van der Waals surface area (Å²) >= 11 is 0. The first-order valence-corrected chi connectivity index (χ1v) is 8.29. The summed E-state index contributed by atoms with van der Waals surface area (Å²) in [5.74, 6) is 0. The zero-order chi connectivity index (χ0) is 14.9. The number of hydrogen-bond acceptors (Lipinski definition) is 2. The Kier molecular flexibility index (Phi) is 4.03. The van der Waals surface area contributed by atoms with Gasteiger partial charge in [-0.2, -0.15) is 5.10 Å². The van der Waals surface area contributed by atoms with Gasteiger partial charge in [-0.25, -0.2) is 0 Å². The number of nitrogens with one attached hydrogen (secondary N) is 1. The van der Waals surface area contributed by atoms with E-state index < -0.39 is 0 Å². The van der Waals surface area contributed by atoms with Gasteiger partial charge >= 0.3 is 0 Å². The van der Waals surface area contributed by atoms with Crippen molar-refractivity contribution in [3.8, 4) is 0 Å². The number of nitrogens with zero attached hydrogens (tertiary/aromatic N) is 2. The Morgan fingerprint density at radius 1 is 1.29 bits per heavy atom. The summed E-state index contributed by atoms with van der Waals surface area (Å²) in [7, 11) is 0. The fourth-order valence-electron chi connectivity index (χ4n) is 3.66. The second-order valence-corrected chi connectivity index (χ2v) is 6.95. The average molecular weight is 285 g/mol. The van der Waals surface area contributed by atoms with E-state index >= 15 is 0 Å². The van der Waals surface area contributed by atoms with E-state index in [2.05, 4.69) is 55.0 Å². The zero-order valence-corrected chi connectivity index (χ0v) is 13.5. The summed E-state index contributed by atoms with van der Waals surface area (Å²) in [6.45, 7) is 8.75. The van der Waals surface area contributed by atoms with Gasteiger partial charge in [-0.05, 0) is 31.2 Å². The first-order chi connectivity index (χ1) is 10.1. The van der Waals surface area contributed by atoms with Crippen LogP contribution in [0.15, 0.2) is 24.3 Å². The van der Waals surface area contributed by atoms with Crippen molar-refractivity contribution in [1.29, 1.82) is 0 Å². The number of fused-ring (bicyclic) bond motifs is 1. The quantitative estimate of drug-likeness (QED) is 0.916. The van der Waals surface area contributed by atoms with Crippen LogP contribution >= 0.6 is 0 Å². The van der Waals surface area contributed by atoms with Crippen LogP contribution in [0.4, 0.5) is 0 Å². The van der Waals surface area contributed by atoms with Crippen LogP contribution in [-0.2, 0) is 13.1 Å². The number of benzene rings is 1. The maximum absolute atomic E-state index is 4.79. The Morgan fingerprint density at radius 2 is 2.10 bits per heavy atom. The molecular weight excluding hydrogens is 258 g/mol. The molecule has 3 nitrogen and oxygen atoms in total. The Hall–Kier alpha value is -1.35. The van der Waals surface area contributed by atoms with Crippen LogP contribution in [0.5, 0.6) is 0 Å². The smallest absolute Gasteiger partial charge is 0.0841 e. The molecule has 1 unspecified atom stereocenters. The number of hydrogen-bond donors (Lipinski definition) is 1. The van der Waals surface area contributed by atoms with Crippen molar-refractivity contribution in [2.24, 2.45) is 5.41 Å². The van der Waals surface area contributed by atoms with Gasteiger partial charge in [0.25, 0.3) is 0 Å². The maximum Gasteiger partial charge on any atom is 0.0841 e. The van der Waals surface area contributed by atoms with E-state index in [4.69, 9.17) is 5.10 Å². The van der Waals surface area contributed by atoms with Crippen molar-refractivity contribution in [3.05, 3.63) is 30.0 Å². The second kappa shape index (κ2) is 5.80. The summed E-state index contributed by atoms with van der Waals surface area (Å²) < 4.78 is 2.11. The van der Waals surface area contributed by atoms with Gasteiger partial charge in [-0.3, -0.25) is 4.68 Å². The van der Waals surface area contributed by atoms with Crippen molar-refractivity contribution >= 4 is 10.9 Å². The highest BCUT2D eigenvalue weighted by Gasteiger charge is 2.31. The number of aromatic nitrogens is 2. The molecule has 1 aromatic heterocycles. The fraction of sp³-hybridized carbons (Fsp3) is 0.611. The van der Waals surface area contributed by atoms with E-state index in [9.17, 15) is 0 Å². The summed E-state index contributed by atoms with van der Waals surface area (Å²) in [5.41, 5.74) is 2.84. The van der Waals surface area contributed by atoms with E-state index in [-0.39, 0.29) is 0 Å². The molecule has 0 aliphatic heterocycles. The van der Waals surface area contributed by atoms with Crippen LogP contribution in [0.2, 0.25) is 0 Å². The lowest BCUT2D eigenvalue weighted by atomic mass is 9.73. The third-order valence-corrected chi connectivity index (χ3v) is 5.06. The van der Waals surface area contributed by atoms with Gasteiger partial charge in [-0.1, -0.05) is 44.9 Å². The average Bonchev–Trinajstić information content (AvgIpc) is 2.84. The van der Waals surface area contributed by atoms with E-state index in [1.165, 1.54) is 42.3 Å². The molecule has 1 fully saturated rings. The van der Waals surface area contributed by atoms with Crippen molar-refractivity contribution in [1.82, 2.24) is 15.1 Å². The third-order valence-electron chi connectivity index (χ3n) is 5.06. The van der Waals surface area contributed by atoms with E-state index in [1.54, 1.807) is 0 Å². The monoisotopic (exact) mass is 285 g/mol. The largest absolute Gasteiger partial charge is 0.308 e. The first-order valence-electron chi connectivity index (χ1n) is 8.29. The topological polar surface area (TPSA) is 29.9 Å². The van der Waals surface area contributed by atoms with Gasteiger partial charge in [-0.15, -0.1) is 0 Å². The molecule has 1 heterocycles. The molecule has 21 heavy (non-hydrogen) atoms. The van der Waals surface area contributed by atoms with Gasteiger partial charge in [0.2, 0.25) is 0 Å².